The van der Waals surface area contributed by atoms with Gasteiger partial charge in [0, 0.05) is 17.3 Å². The van der Waals surface area contributed by atoms with Gasteiger partial charge in [0.05, 0.1) is 6.54 Å². The molecule has 1 aliphatic rings. The van der Waals surface area contributed by atoms with Crippen LogP contribution >= 0.6 is 0 Å². The average Bonchev–Trinajstić information content (AvgIpc) is 2.95. The summed E-state index contributed by atoms with van der Waals surface area (Å²) in [5, 5.41) is 26.5. The van der Waals surface area contributed by atoms with Gasteiger partial charge in [-0.05, 0) is 49.9 Å². The SMILES string of the molecule is C=CCn1nc(C(=O)O)c2c1CC[C@H](NCCc1ccc(O)cc1)C2. The number of carboxylic acid groups (broad SMARTS) is 1. The first kappa shape index (κ1) is 17.2. The standard InChI is InChI=1S/C19H23N3O3/c1-2-11-22-17-8-5-14(12-16(17)18(21-22)19(24)25)20-10-9-13-3-6-15(23)7-4-13/h2-4,6-7,14,20,23H,1,5,8-12H2,(H,24,25)/t14-/m0/s1. The summed E-state index contributed by atoms with van der Waals surface area (Å²) < 4.78 is 1.76. The van der Waals surface area contributed by atoms with Gasteiger partial charge in [-0.25, -0.2) is 4.79 Å². The van der Waals surface area contributed by atoms with Crippen molar-refractivity contribution >= 4 is 5.97 Å². The number of phenolic OH excluding ortho intramolecular Hbond substituents is 1. The van der Waals surface area contributed by atoms with Gasteiger partial charge in [-0.15, -0.1) is 6.58 Å². The zero-order valence-electron chi connectivity index (χ0n) is 14.1. The van der Waals surface area contributed by atoms with Gasteiger partial charge < -0.3 is 15.5 Å². The zero-order chi connectivity index (χ0) is 17.8. The third-order valence-corrected chi connectivity index (χ3v) is 4.63. The van der Waals surface area contributed by atoms with Crippen LogP contribution in [-0.4, -0.2) is 38.5 Å². The molecule has 132 valence electrons. The molecule has 1 aromatic heterocycles. The monoisotopic (exact) mass is 341 g/mol. The Bertz CT molecular complexity index is 765. The number of nitrogens with one attached hydrogen (secondary N) is 1. The van der Waals surface area contributed by atoms with Crippen LogP contribution in [0, 0.1) is 0 Å². The van der Waals surface area contributed by atoms with E-state index in [1.165, 1.54) is 0 Å². The summed E-state index contributed by atoms with van der Waals surface area (Å²) in [5.74, 6) is -0.696. The fourth-order valence-electron chi connectivity index (χ4n) is 3.39. The highest BCUT2D eigenvalue weighted by Gasteiger charge is 2.28. The molecule has 25 heavy (non-hydrogen) atoms. The first-order valence-corrected chi connectivity index (χ1v) is 8.52. The van der Waals surface area contributed by atoms with Gasteiger partial charge in [-0.2, -0.15) is 5.10 Å². The molecule has 1 aliphatic carbocycles. The Morgan fingerprint density at radius 3 is 2.84 bits per heavy atom. The number of carbonyl (C=O) groups is 1. The molecule has 2 aromatic rings. The number of nitrogens with zero attached hydrogens (tertiary/aromatic N) is 2. The third kappa shape index (κ3) is 3.91. The second-order valence-corrected chi connectivity index (χ2v) is 6.36. The van der Waals surface area contributed by atoms with Crippen LogP contribution < -0.4 is 5.32 Å². The van der Waals surface area contributed by atoms with Crippen LogP contribution in [0.2, 0.25) is 0 Å². The molecule has 3 rings (SSSR count). The van der Waals surface area contributed by atoms with Crippen LogP contribution in [-0.2, 0) is 25.8 Å². The minimum absolute atomic E-state index is 0.168. The van der Waals surface area contributed by atoms with Crippen LogP contribution in [0.4, 0.5) is 0 Å². The van der Waals surface area contributed by atoms with E-state index in [9.17, 15) is 15.0 Å². The summed E-state index contributed by atoms with van der Waals surface area (Å²) >= 11 is 0. The number of hydrogen-bond acceptors (Lipinski definition) is 4. The van der Waals surface area contributed by atoms with Crippen molar-refractivity contribution in [3.63, 3.8) is 0 Å². The van der Waals surface area contributed by atoms with Crippen molar-refractivity contribution < 1.29 is 15.0 Å². The molecule has 0 radical (unpaired) electrons. The van der Waals surface area contributed by atoms with Crippen molar-refractivity contribution in [2.75, 3.05) is 6.54 Å². The lowest BCUT2D eigenvalue weighted by Crippen LogP contribution is -2.36. The Labute approximate surface area is 146 Å². The van der Waals surface area contributed by atoms with Gasteiger partial charge in [0.1, 0.15) is 5.75 Å². The normalized spacial score (nSPS) is 16.4. The maximum Gasteiger partial charge on any atom is 0.356 e. The highest BCUT2D eigenvalue weighted by molar-refractivity contribution is 5.87. The summed E-state index contributed by atoms with van der Waals surface area (Å²) in [6, 6.07) is 7.46. The van der Waals surface area contributed by atoms with Gasteiger partial charge in [0.2, 0.25) is 0 Å². The van der Waals surface area contributed by atoms with E-state index in [0.717, 1.165) is 42.6 Å². The number of rotatable bonds is 7. The van der Waals surface area contributed by atoms with E-state index in [-0.39, 0.29) is 17.5 Å². The Hall–Kier alpha value is -2.60. The topological polar surface area (TPSA) is 87.4 Å². The van der Waals surface area contributed by atoms with E-state index in [1.54, 1.807) is 22.9 Å². The first-order chi connectivity index (χ1) is 12.1. The van der Waals surface area contributed by atoms with Crippen molar-refractivity contribution in [3.8, 4) is 5.75 Å². The molecule has 0 saturated carbocycles. The molecule has 6 heteroatoms. The van der Waals surface area contributed by atoms with Crippen LogP contribution in [0.15, 0.2) is 36.9 Å². The van der Waals surface area contributed by atoms with Crippen molar-refractivity contribution in [3.05, 3.63) is 59.4 Å². The highest BCUT2D eigenvalue weighted by Crippen LogP contribution is 2.25. The lowest BCUT2D eigenvalue weighted by Gasteiger charge is -2.24. The molecule has 1 heterocycles. The van der Waals surface area contributed by atoms with Crippen molar-refractivity contribution in [2.24, 2.45) is 0 Å². The number of benzene rings is 1. The molecule has 0 saturated heterocycles. The number of allylic oxidation sites excluding steroid dienone is 1. The summed E-state index contributed by atoms with van der Waals surface area (Å²) in [6.45, 7) is 5.06. The minimum Gasteiger partial charge on any atom is -0.508 e. The average molecular weight is 341 g/mol. The number of hydrogen-bond donors (Lipinski definition) is 3. The Morgan fingerprint density at radius 1 is 1.40 bits per heavy atom. The Balaban J connectivity index is 1.63. The molecular weight excluding hydrogens is 318 g/mol. The number of carboxylic acids is 1. The number of fused-ring (bicyclic) bond motifs is 1. The summed E-state index contributed by atoms with van der Waals surface area (Å²) in [5.41, 5.74) is 3.20. The molecule has 0 bridgehead atoms. The largest absolute Gasteiger partial charge is 0.508 e. The molecule has 0 fully saturated rings. The molecular formula is C19H23N3O3. The van der Waals surface area contributed by atoms with Crippen molar-refractivity contribution in [1.29, 1.82) is 0 Å². The lowest BCUT2D eigenvalue weighted by molar-refractivity contribution is 0.0688. The van der Waals surface area contributed by atoms with Gasteiger partial charge in [0.25, 0.3) is 0 Å². The van der Waals surface area contributed by atoms with E-state index in [0.29, 0.717) is 13.0 Å². The molecule has 3 N–H and O–H groups in total. The Kier molecular flexibility index (Phi) is 5.19. The minimum atomic E-state index is -0.969. The quantitative estimate of drug-likeness (QED) is 0.672. The van der Waals surface area contributed by atoms with E-state index in [4.69, 9.17) is 0 Å². The second kappa shape index (κ2) is 7.53. The number of aromatic hydroxyl groups is 1. The van der Waals surface area contributed by atoms with E-state index in [2.05, 4.69) is 17.0 Å². The van der Waals surface area contributed by atoms with Crippen LogP contribution in [0.25, 0.3) is 0 Å². The van der Waals surface area contributed by atoms with E-state index >= 15 is 0 Å². The van der Waals surface area contributed by atoms with Crippen molar-refractivity contribution in [2.45, 2.75) is 38.3 Å². The molecule has 6 nitrogen and oxygen atoms in total. The predicted octanol–water partition coefficient (Wildman–Crippen LogP) is 2.16. The van der Waals surface area contributed by atoms with E-state index in [1.807, 2.05) is 12.1 Å². The fourth-order valence-corrected chi connectivity index (χ4v) is 3.39. The lowest BCUT2D eigenvalue weighted by atomic mass is 9.91. The second-order valence-electron chi connectivity index (χ2n) is 6.36. The molecule has 0 unspecified atom stereocenters. The maximum atomic E-state index is 11.5. The van der Waals surface area contributed by atoms with Gasteiger partial charge in [0.15, 0.2) is 5.69 Å². The van der Waals surface area contributed by atoms with Gasteiger partial charge in [-0.3, -0.25) is 4.68 Å². The summed E-state index contributed by atoms with van der Waals surface area (Å²) in [4.78, 5) is 11.5. The maximum absolute atomic E-state index is 11.5. The summed E-state index contributed by atoms with van der Waals surface area (Å²) in [6.07, 6.45) is 5.07. The van der Waals surface area contributed by atoms with Gasteiger partial charge >= 0.3 is 5.97 Å². The number of aromatic nitrogens is 2. The van der Waals surface area contributed by atoms with Crippen molar-refractivity contribution in [1.82, 2.24) is 15.1 Å². The first-order valence-electron chi connectivity index (χ1n) is 8.52. The number of aromatic carboxylic acids is 1. The van der Waals surface area contributed by atoms with Crippen LogP contribution in [0.3, 0.4) is 0 Å². The smallest absolute Gasteiger partial charge is 0.356 e. The predicted molar refractivity (Wildman–Crippen MR) is 95.0 cm³/mol. The number of phenols is 1. The molecule has 1 aromatic carbocycles. The fraction of sp³-hybridized carbons (Fsp3) is 0.368. The molecule has 1 atom stereocenters. The summed E-state index contributed by atoms with van der Waals surface area (Å²) in [7, 11) is 0. The molecule has 0 amide bonds. The van der Waals surface area contributed by atoms with Gasteiger partial charge in [-0.1, -0.05) is 18.2 Å². The van der Waals surface area contributed by atoms with E-state index < -0.39 is 5.97 Å². The Morgan fingerprint density at radius 2 is 2.16 bits per heavy atom. The highest BCUT2D eigenvalue weighted by atomic mass is 16.4. The molecule has 0 aliphatic heterocycles. The zero-order valence-corrected chi connectivity index (χ0v) is 14.1. The molecule has 0 spiro atoms. The third-order valence-electron chi connectivity index (χ3n) is 4.63. The van der Waals surface area contributed by atoms with Crippen LogP contribution in [0.5, 0.6) is 5.75 Å². The van der Waals surface area contributed by atoms with Crippen LogP contribution in [0.1, 0.15) is 33.7 Å².